The molecule has 0 bridgehead atoms. The molecule has 3 N–H and O–H groups in total. The number of nitrogens with one attached hydrogen (secondary N) is 1. The quantitative estimate of drug-likeness (QED) is 0.529. The van der Waals surface area contributed by atoms with Gasteiger partial charge in [0.1, 0.15) is 12.2 Å². The van der Waals surface area contributed by atoms with Crippen LogP contribution in [0.25, 0.3) is 0 Å². The second kappa shape index (κ2) is 9.93. The van der Waals surface area contributed by atoms with Gasteiger partial charge in [0, 0.05) is 13.1 Å². The number of hydrogen-bond donors (Lipinski definition) is 2. The first-order chi connectivity index (χ1) is 11.6. The van der Waals surface area contributed by atoms with E-state index in [-0.39, 0.29) is 12.3 Å². The molecule has 6 nitrogen and oxygen atoms in total. The summed E-state index contributed by atoms with van der Waals surface area (Å²) in [5.41, 5.74) is 6.22. The highest BCUT2D eigenvalue weighted by Crippen LogP contribution is 2.17. The van der Waals surface area contributed by atoms with Gasteiger partial charge in [-0.2, -0.15) is 0 Å². The van der Waals surface area contributed by atoms with E-state index in [1.807, 2.05) is 12.1 Å². The minimum atomic E-state index is -0.616. The number of likely N-dealkylation sites (tertiary alicyclic amines) is 1. The Bertz CT molecular complexity index is 542. The molecule has 1 aliphatic heterocycles. The van der Waals surface area contributed by atoms with Gasteiger partial charge in [0.15, 0.2) is 0 Å². The number of primary amides is 1. The van der Waals surface area contributed by atoms with Crippen LogP contribution in [0.15, 0.2) is 24.3 Å². The summed E-state index contributed by atoms with van der Waals surface area (Å²) in [6.07, 6.45) is 4.34. The molecule has 1 fully saturated rings. The summed E-state index contributed by atoms with van der Waals surface area (Å²) >= 11 is 0. The number of nitrogens with zero attached hydrogens (tertiary/aromatic N) is 1. The van der Waals surface area contributed by atoms with Gasteiger partial charge in [0.05, 0.1) is 6.61 Å². The summed E-state index contributed by atoms with van der Waals surface area (Å²) in [5.74, 6) is -0.103. The fourth-order valence-corrected chi connectivity index (χ4v) is 2.82. The first kappa shape index (κ1) is 18.3. The summed E-state index contributed by atoms with van der Waals surface area (Å²) in [7, 11) is 0. The lowest BCUT2D eigenvalue weighted by molar-refractivity contribution is -0.127. The minimum Gasteiger partial charge on any atom is -0.494 e. The van der Waals surface area contributed by atoms with E-state index in [1.165, 1.54) is 37.9 Å². The average molecular weight is 333 g/mol. The molecule has 0 atom stereocenters. The first-order valence-electron chi connectivity index (χ1n) is 8.62. The third kappa shape index (κ3) is 7.00. The van der Waals surface area contributed by atoms with Crippen molar-refractivity contribution in [3.05, 3.63) is 29.8 Å². The lowest BCUT2D eigenvalue weighted by Gasteiger charge is -2.26. The van der Waals surface area contributed by atoms with Gasteiger partial charge in [0.25, 0.3) is 0 Å². The lowest BCUT2D eigenvalue weighted by atomic mass is 10.1. The molecule has 0 aliphatic carbocycles. The van der Waals surface area contributed by atoms with Crippen LogP contribution >= 0.6 is 0 Å². The van der Waals surface area contributed by atoms with Crippen molar-refractivity contribution in [3.8, 4) is 5.75 Å². The van der Waals surface area contributed by atoms with Crippen molar-refractivity contribution in [1.29, 1.82) is 0 Å². The Morgan fingerprint density at radius 2 is 2.00 bits per heavy atom. The van der Waals surface area contributed by atoms with E-state index in [9.17, 15) is 9.59 Å². The zero-order valence-electron chi connectivity index (χ0n) is 14.1. The molecular formula is C18H27N3O3. The van der Waals surface area contributed by atoms with Gasteiger partial charge in [-0.25, -0.2) is 0 Å². The topological polar surface area (TPSA) is 84.7 Å². The summed E-state index contributed by atoms with van der Waals surface area (Å²) in [4.78, 5) is 24.3. The van der Waals surface area contributed by atoms with E-state index in [1.54, 1.807) is 0 Å². The van der Waals surface area contributed by atoms with E-state index < -0.39 is 5.91 Å². The Morgan fingerprint density at radius 1 is 1.21 bits per heavy atom. The van der Waals surface area contributed by atoms with Crippen LogP contribution in [0.4, 0.5) is 0 Å². The molecule has 2 amide bonds. The molecule has 0 aromatic heterocycles. The Labute approximate surface area is 143 Å². The van der Waals surface area contributed by atoms with E-state index >= 15 is 0 Å². The molecule has 0 spiro atoms. The Balaban J connectivity index is 1.66. The van der Waals surface area contributed by atoms with Gasteiger partial charge < -0.3 is 15.8 Å². The number of benzene rings is 1. The zero-order valence-corrected chi connectivity index (χ0v) is 14.1. The van der Waals surface area contributed by atoms with E-state index in [0.717, 1.165) is 12.3 Å². The van der Waals surface area contributed by atoms with Crippen molar-refractivity contribution in [1.82, 2.24) is 10.2 Å². The van der Waals surface area contributed by atoms with Crippen LogP contribution in [-0.2, 0) is 16.1 Å². The average Bonchev–Trinajstić information content (AvgIpc) is 2.55. The number of amides is 2. The molecule has 0 saturated carbocycles. The second-order valence-corrected chi connectivity index (χ2v) is 6.18. The molecule has 0 radical (unpaired) electrons. The van der Waals surface area contributed by atoms with E-state index in [4.69, 9.17) is 10.5 Å². The lowest BCUT2D eigenvalue weighted by Crippen LogP contribution is -2.29. The van der Waals surface area contributed by atoms with E-state index in [2.05, 4.69) is 22.3 Å². The maximum Gasteiger partial charge on any atom is 0.229 e. The molecule has 1 heterocycles. The van der Waals surface area contributed by atoms with Crippen LogP contribution in [0, 0.1) is 0 Å². The molecule has 2 rings (SSSR count). The number of ether oxygens (including phenoxy) is 1. The van der Waals surface area contributed by atoms with Crippen molar-refractivity contribution >= 4 is 11.8 Å². The Hall–Kier alpha value is -2.08. The van der Waals surface area contributed by atoms with Crippen LogP contribution in [0.2, 0.25) is 0 Å². The molecule has 6 heteroatoms. The molecule has 1 aliphatic rings. The highest BCUT2D eigenvalue weighted by molar-refractivity contribution is 5.95. The molecule has 1 aromatic carbocycles. The maximum absolute atomic E-state index is 11.3. The smallest absolute Gasteiger partial charge is 0.229 e. The first-order valence-corrected chi connectivity index (χ1v) is 8.62. The number of hydrogen-bond acceptors (Lipinski definition) is 4. The Kier molecular flexibility index (Phi) is 7.55. The van der Waals surface area contributed by atoms with Crippen LogP contribution in [0.3, 0.4) is 0 Å². The van der Waals surface area contributed by atoms with Crippen molar-refractivity contribution in [2.24, 2.45) is 5.73 Å². The number of carbonyl (C=O) groups is 2. The summed E-state index contributed by atoms with van der Waals surface area (Å²) in [5, 5.41) is 2.64. The number of carbonyl (C=O) groups excluding carboxylic acids is 2. The van der Waals surface area contributed by atoms with Crippen LogP contribution < -0.4 is 15.8 Å². The summed E-state index contributed by atoms with van der Waals surface area (Å²) in [6.45, 7) is 4.32. The van der Waals surface area contributed by atoms with Crippen LogP contribution in [-0.4, -0.2) is 43.0 Å². The van der Waals surface area contributed by atoms with Gasteiger partial charge in [-0.3, -0.25) is 14.5 Å². The van der Waals surface area contributed by atoms with E-state index in [0.29, 0.717) is 19.6 Å². The fourth-order valence-electron chi connectivity index (χ4n) is 2.82. The largest absolute Gasteiger partial charge is 0.494 e. The molecule has 132 valence electrons. The summed E-state index contributed by atoms with van der Waals surface area (Å²) < 4.78 is 5.74. The molecule has 1 saturated heterocycles. The van der Waals surface area contributed by atoms with Gasteiger partial charge >= 0.3 is 0 Å². The van der Waals surface area contributed by atoms with Crippen LogP contribution in [0.5, 0.6) is 5.75 Å². The molecule has 0 unspecified atom stereocenters. The highest BCUT2D eigenvalue weighted by Gasteiger charge is 2.10. The summed E-state index contributed by atoms with van der Waals surface area (Å²) in [6, 6.07) is 8.18. The maximum atomic E-state index is 11.3. The molecule has 1 aromatic rings. The number of piperidine rings is 1. The fraction of sp³-hybridized carbons (Fsp3) is 0.556. The van der Waals surface area contributed by atoms with Crippen molar-refractivity contribution in [3.63, 3.8) is 0 Å². The molecule has 24 heavy (non-hydrogen) atoms. The van der Waals surface area contributed by atoms with Crippen molar-refractivity contribution in [2.45, 2.75) is 38.6 Å². The van der Waals surface area contributed by atoms with Gasteiger partial charge in [-0.05, 0) is 50.0 Å². The SMILES string of the molecule is NC(=O)CC(=O)NCCCOc1cccc(CN2CCCCC2)c1. The predicted molar refractivity (Wildman–Crippen MR) is 92.5 cm³/mol. The van der Waals surface area contributed by atoms with Gasteiger partial charge in [-0.15, -0.1) is 0 Å². The zero-order chi connectivity index (χ0) is 17.2. The molecular weight excluding hydrogens is 306 g/mol. The predicted octanol–water partition coefficient (Wildman–Crippen LogP) is 1.43. The number of rotatable bonds is 9. The van der Waals surface area contributed by atoms with Crippen molar-refractivity contribution < 1.29 is 14.3 Å². The van der Waals surface area contributed by atoms with Crippen LogP contribution in [0.1, 0.15) is 37.7 Å². The number of nitrogens with two attached hydrogens (primary N) is 1. The standard InChI is InChI=1S/C18H27N3O3/c19-17(22)13-18(23)20-8-5-11-24-16-7-4-6-15(12-16)14-21-9-2-1-3-10-21/h4,6-7,12H,1-3,5,8-11,13-14H2,(H2,19,22)(H,20,23). The monoisotopic (exact) mass is 333 g/mol. The highest BCUT2D eigenvalue weighted by atomic mass is 16.5. The normalized spacial score (nSPS) is 15.0. The third-order valence-corrected chi connectivity index (χ3v) is 4.00. The van der Waals surface area contributed by atoms with Crippen molar-refractivity contribution in [2.75, 3.05) is 26.2 Å². The second-order valence-electron chi connectivity index (χ2n) is 6.18. The van der Waals surface area contributed by atoms with Gasteiger partial charge in [0.2, 0.25) is 11.8 Å². The Morgan fingerprint density at radius 3 is 2.75 bits per heavy atom. The third-order valence-electron chi connectivity index (χ3n) is 4.00. The van der Waals surface area contributed by atoms with Gasteiger partial charge in [-0.1, -0.05) is 18.6 Å². The minimum absolute atomic E-state index is 0.264.